The second-order valence-corrected chi connectivity index (χ2v) is 7.92. The van der Waals surface area contributed by atoms with Crippen molar-refractivity contribution >= 4 is 5.91 Å². The summed E-state index contributed by atoms with van der Waals surface area (Å²) in [5.74, 6) is 0.842. The smallest absolute Gasteiger partial charge is 0.258 e. The molecule has 4 aromatic rings. The molecule has 0 saturated carbocycles. The maximum atomic E-state index is 13.1. The summed E-state index contributed by atoms with van der Waals surface area (Å²) in [5.41, 5.74) is 2.93. The number of carbonyl (C=O) groups is 1. The van der Waals surface area contributed by atoms with E-state index in [2.05, 4.69) is 29.1 Å². The van der Waals surface area contributed by atoms with Crippen LogP contribution in [0.5, 0.6) is 11.6 Å². The van der Waals surface area contributed by atoms with E-state index in [9.17, 15) is 9.18 Å². The molecule has 3 aromatic carbocycles. The van der Waals surface area contributed by atoms with Gasteiger partial charge in [-0.3, -0.25) is 4.79 Å². The third kappa shape index (κ3) is 5.60. The number of aromatic nitrogens is 2. The van der Waals surface area contributed by atoms with E-state index >= 15 is 0 Å². The summed E-state index contributed by atoms with van der Waals surface area (Å²) in [6, 6.07) is 23.2. The molecule has 0 aliphatic rings. The molecular weight excluding hydrogens is 417 g/mol. The number of nitrogens with zero attached hydrogens (tertiary/aromatic N) is 2. The van der Waals surface area contributed by atoms with Crippen LogP contribution in [0.15, 0.2) is 85.1 Å². The number of hydrogen-bond donors (Lipinski definition) is 1. The molecule has 166 valence electrons. The Morgan fingerprint density at radius 1 is 1.00 bits per heavy atom. The molecule has 0 spiro atoms. The van der Waals surface area contributed by atoms with Crippen molar-refractivity contribution in [2.45, 2.75) is 26.3 Å². The van der Waals surface area contributed by atoms with Crippen molar-refractivity contribution in [3.8, 4) is 23.0 Å². The number of benzene rings is 3. The fourth-order valence-corrected chi connectivity index (χ4v) is 3.25. The van der Waals surface area contributed by atoms with Crippen LogP contribution < -0.4 is 10.1 Å². The first-order valence-corrected chi connectivity index (χ1v) is 10.7. The van der Waals surface area contributed by atoms with Crippen LogP contribution in [-0.2, 0) is 6.54 Å². The fourth-order valence-electron chi connectivity index (χ4n) is 3.25. The van der Waals surface area contributed by atoms with Gasteiger partial charge in [0, 0.05) is 18.3 Å². The summed E-state index contributed by atoms with van der Waals surface area (Å²) < 4.78 is 19.2. The molecule has 1 aromatic heterocycles. The lowest BCUT2D eigenvalue weighted by Crippen LogP contribution is -2.24. The van der Waals surface area contributed by atoms with Crippen molar-refractivity contribution in [3.05, 3.63) is 108 Å². The van der Waals surface area contributed by atoms with Crippen molar-refractivity contribution in [2.24, 2.45) is 0 Å². The Balaban J connectivity index is 1.64. The average molecular weight is 442 g/mol. The zero-order valence-corrected chi connectivity index (χ0v) is 18.5. The second kappa shape index (κ2) is 10.0. The van der Waals surface area contributed by atoms with E-state index < -0.39 is 0 Å². The predicted molar refractivity (Wildman–Crippen MR) is 126 cm³/mol. The molecule has 1 N–H and O–H groups in total. The molecule has 5 nitrogen and oxygen atoms in total. The van der Waals surface area contributed by atoms with Gasteiger partial charge in [-0.1, -0.05) is 68.4 Å². The molecule has 0 saturated heterocycles. The molecule has 6 heteroatoms. The number of hydrogen-bond acceptors (Lipinski definition) is 4. The van der Waals surface area contributed by atoms with Crippen LogP contribution in [0.4, 0.5) is 4.39 Å². The van der Waals surface area contributed by atoms with Crippen molar-refractivity contribution in [1.82, 2.24) is 15.3 Å². The van der Waals surface area contributed by atoms with Crippen LogP contribution in [0.25, 0.3) is 11.4 Å². The predicted octanol–water partition coefficient (Wildman–Crippen LogP) is 6.13. The molecule has 4 rings (SSSR count). The third-order valence-electron chi connectivity index (χ3n) is 5.14. The van der Waals surface area contributed by atoms with Gasteiger partial charge in [0.1, 0.15) is 17.1 Å². The van der Waals surface area contributed by atoms with Crippen LogP contribution in [0.3, 0.4) is 0 Å². The van der Waals surface area contributed by atoms with Gasteiger partial charge < -0.3 is 10.1 Å². The van der Waals surface area contributed by atoms with Gasteiger partial charge in [-0.15, -0.1) is 0 Å². The molecule has 33 heavy (non-hydrogen) atoms. The second-order valence-electron chi connectivity index (χ2n) is 7.92. The average Bonchev–Trinajstić information content (AvgIpc) is 2.84. The molecule has 0 unspecified atom stereocenters. The number of halogens is 1. The Hall–Kier alpha value is -4.06. The Bertz CT molecular complexity index is 1240. The Kier molecular flexibility index (Phi) is 6.74. The maximum Gasteiger partial charge on any atom is 0.258 e. The Morgan fingerprint density at radius 3 is 2.48 bits per heavy atom. The van der Waals surface area contributed by atoms with Crippen molar-refractivity contribution in [3.63, 3.8) is 0 Å². The maximum absolute atomic E-state index is 13.1. The molecule has 0 aliphatic carbocycles. The van der Waals surface area contributed by atoms with E-state index in [-0.39, 0.29) is 29.7 Å². The summed E-state index contributed by atoms with van der Waals surface area (Å²) in [7, 11) is 0. The highest BCUT2D eigenvalue weighted by Crippen LogP contribution is 2.28. The largest absolute Gasteiger partial charge is 0.438 e. The molecule has 1 amide bonds. The number of carbonyl (C=O) groups excluding carboxylic acids is 1. The van der Waals surface area contributed by atoms with Gasteiger partial charge in [-0.05, 0) is 41.3 Å². The molecule has 0 fully saturated rings. The highest BCUT2D eigenvalue weighted by Gasteiger charge is 2.18. The lowest BCUT2D eigenvalue weighted by Gasteiger charge is -2.13. The van der Waals surface area contributed by atoms with Crippen molar-refractivity contribution in [2.75, 3.05) is 0 Å². The normalized spacial score (nSPS) is 10.8. The van der Waals surface area contributed by atoms with Crippen molar-refractivity contribution in [1.29, 1.82) is 0 Å². The number of nitrogens with one attached hydrogen (secondary N) is 1. The summed E-state index contributed by atoms with van der Waals surface area (Å²) in [6.07, 6.45) is 1.47. The molecular formula is C27H24FN3O2. The van der Waals surface area contributed by atoms with E-state index in [0.717, 1.165) is 16.7 Å². The quantitative estimate of drug-likeness (QED) is 0.375. The van der Waals surface area contributed by atoms with E-state index in [1.165, 1.54) is 18.3 Å². The van der Waals surface area contributed by atoms with Gasteiger partial charge in [0.15, 0.2) is 5.82 Å². The number of rotatable bonds is 7. The first kappa shape index (κ1) is 22.1. The van der Waals surface area contributed by atoms with Gasteiger partial charge in [0.25, 0.3) is 5.91 Å². The van der Waals surface area contributed by atoms with Gasteiger partial charge in [0.2, 0.25) is 5.88 Å². The topological polar surface area (TPSA) is 64.1 Å². The minimum Gasteiger partial charge on any atom is -0.438 e. The number of amides is 1. The Labute approximate surface area is 192 Å². The van der Waals surface area contributed by atoms with Crippen LogP contribution in [-0.4, -0.2) is 15.9 Å². The van der Waals surface area contributed by atoms with Crippen LogP contribution in [0, 0.1) is 5.82 Å². The van der Waals surface area contributed by atoms with Gasteiger partial charge in [0.05, 0.1) is 0 Å². The molecule has 0 atom stereocenters. The van der Waals surface area contributed by atoms with Crippen LogP contribution in [0.1, 0.15) is 41.3 Å². The third-order valence-corrected chi connectivity index (χ3v) is 5.14. The summed E-state index contributed by atoms with van der Waals surface area (Å²) in [4.78, 5) is 21.9. The Morgan fingerprint density at radius 2 is 1.76 bits per heavy atom. The standard InChI is InChI=1S/C27H24FN3O2/c1-18(2)21-9-6-10-23(15-21)33-27-24(17-29-25(31-27)20-7-4-3-5-8-20)26(32)30-16-19-11-13-22(28)14-12-19/h3-15,17-18H,16H2,1-2H3,(H,30,32). The van der Waals surface area contributed by atoms with Gasteiger partial charge in [-0.25, -0.2) is 9.37 Å². The van der Waals surface area contributed by atoms with E-state index in [1.54, 1.807) is 12.1 Å². The zero-order valence-electron chi connectivity index (χ0n) is 18.5. The first-order valence-electron chi connectivity index (χ1n) is 10.7. The lowest BCUT2D eigenvalue weighted by molar-refractivity contribution is 0.0947. The number of ether oxygens (including phenoxy) is 1. The lowest BCUT2D eigenvalue weighted by atomic mass is 10.0. The van der Waals surface area contributed by atoms with Gasteiger partial charge >= 0.3 is 0 Å². The monoisotopic (exact) mass is 441 g/mol. The summed E-state index contributed by atoms with van der Waals surface area (Å²) >= 11 is 0. The minimum atomic E-state index is -0.381. The summed E-state index contributed by atoms with van der Waals surface area (Å²) in [5, 5.41) is 2.83. The zero-order chi connectivity index (χ0) is 23.2. The van der Waals surface area contributed by atoms with Crippen LogP contribution in [0.2, 0.25) is 0 Å². The van der Waals surface area contributed by atoms with Crippen molar-refractivity contribution < 1.29 is 13.9 Å². The minimum absolute atomic E-state index is 0.168. The molecule has 0 radical (unpaired) electrons. The van der Waals surface area contributed by atoms with Gasteiger partial charge in [-0.2, -0.15) is 4.98 Å². The molecule has 1 heterocycles. The molecule has 0 bridgehead atoms. The molecule has 0 aliphatic heterocycles. The first-order chi connectivity index (χ1) is 16.0. The SMILES string of the molecule is CC(C)c1cccc(Oc2nc(-c3ccccc3)ncc2C(=O)NCc2ccc(F)cc2)c1. The van der Waals surface area contributed by atoms with E-state index in [4.69, 9.17) is 4.74 Å². The van der Waals surface area contributed by atoms with E-state index in [0.29, 0.717) is 17.5 Å². The fraction of sp³-hybridized carbons (Fsp3) is 0.148. The van der Waals surface area contributed by atoms with E-state index in [1.807, 2.05) is 54.6 Å². The van der Waals surface area contributed by atoms with Crippen LogP contribution >= 0.6 is 0 Å². The highest BCUT2D eigenvalue weighted by molar-refractivity contribution is 5.96. The highest BCUT2D eigenvalue weighted by atomic mass is 19.1. The summed E-state index contributed by atoms with van der Waals surface area (Å²) in [6.45, 7) is 4.44.